The van der Waals surface area contributed by atoms with E-state index in [4.69, 9.17) is 4.74 Å². The number of methoxy groups -OCH3 is 1. The summed E-state index contributed by atoms with van der Waals surface area (Å²) >= 11 is 0. The highest BCUT2D eigenvalue weighted by Gasteiger charge is 2.22. The molecule has 1 aromatic rings. The van der Waals surface area contributed by atoms with Crippen molar-refractivity contribution in [2.45, 2.75) is 6.92 Å². The fraction of sp³-hybridized carbons (Fsp3) is 0.500. The predicted molar refractivity (Wildman–Crippen MR) is 71.0 cm³/mol. The molecule has 0 aliphatic carbocycles. The Morgan fingerprint density at radius 1 is 1.32 bits per heavy atom. The molecule has 0 saturated carbocycles. The van der Waals surface area contributed by atoms with Gasteiger partial charge in [0.15, 0.2) is 11.6 Å². The second-order valence-electron chi connectivity index (χ2n) is 4.58. The maximum Gasteiger partial charge on any atom is 0.254 e. The first kappa shape index (κ1) is 13.8. The summed E-state index contributed by atoms with van der Waals surface area (Å²) in [5, 5.41) is 0. The van der Waals surface area contributed by atoms with E-state index >= 15 is 0 Å². The van der Waals surface area contributed by atoms with E-state index in [2.05, 4.69) is 11.8 Å². The molecule has 1 aromatic carbocycles. The van der Waals surface area contributed by atoms with Crippen LogP contribution in [0, 0.1) is 5.82 Å². The Kier molecular flexibility index (Phi) is 4.37. The van der Waals surface area contributed by atoms with Crippen LogP contribution < -0.4 is 4.74 Å². The summed E-state index contributed by atoms with van der Waals surface area (Å²) in [7, 11) is 1.41. The number of amides is 1. The molecular formula is C14H19FN2O2. The minimum Gasteiger partial charge on any atom is -0.494 e. The van der Waals surface area contributed by atoms with Gasteiger partial charge >= 0.3 is 0 Å². The molecule has 1 aliphatic rings. The smallest absolute Gasteiger partial charge is 0.254 e. The lowest BCUT2D eigenvalue weighted by molar-refractivity contribution is 0.0643. The number of nitrogens with zero attached hydrogens (tertiary/aromatic N) is 2. The maximum atomic E-state index is 13.6. The number of halogens is 1. The molecular weight excluding hydrogens is 247 g/mol. The maximum absolute atomic E-state index is 13.6. The van der Waals surface area contributed by atoms with Crippen molar-refractivity contribution in [2.75, 3.05) is 39.8 Å². The summed E-state index contributed by atoms with van der Waals surface area (Å²) in [6.07, 6.45) is 0. The predicted octanol–water partition coefficient (Wildman–Crippen LogP) is 1.61. The van der Waals surface area contributed by atoms with Crippen molar-refractivity contribution in [3.63, 3.8) is 0 Å². The average molecular weight is 266 g/mol. The van der Waals surface area contributed by atoms with Gasteiger partial charge < -0.3 is 14.5 Å². The van der Waals surface area contributed by atoms with Crippen LogP contribution in [0.2, 0.25) is 0 Å². The Labute approximate surface area is 112 Å². The SMILES string of the molecule is CCN1CCN(C(=O)c2ccc(OC)c(F)c2)CC1. The number of piperazine rings is 1. The van der Waals surface area contributed by atoms with Gasteiger partial charge in [-0.1, -0.05) is 6.92 Å². The van der Waals surface area contributed by atoms with E-state index in [0.29, 0.717) is 18.7 Å². The third-order valence-corrected chi connectivity index (χ3v) is 3.51. The first-order valence-corrected chi connectivity index (χ1v) is 6.51. The van der Waals surface area contributed by atoms with Gasteiger partial charge in [-0.2, -0.15) is 0 Å². The molecule has 0 bridgehead atoms. The summed E-state index contributed by atoms with van der Waals surface area (Å²) in [5.74, 6) is -0.454. The second-order valence-corrected chi connectivity index (χ2v) is 4.58. The molecule has 2 rings (SSSR count). The Bertz CT molecular complexity index is 457. The van der Waals surface area contributed by atoms with Gasteiger partial charge in [0.05, 0.1) is 7.11 Å². The summed E-state index contributed by atoms with van der Waals surface area (Å²) in [6.45, 7) is 6.25. The van der Waals surface area contributed by atoms with Crippen LogP contribution in [0.5, 0.6) is 5.75 Å². The van der Waals surface area contributed by atoms with Crippen LogP contribution in [0.4, 0.5) is 4.39 Å². The van der Waals surface area contributed by atoms with Gasteiger partial charge in [-0.3, -0.25) is 4.79 Å². The molecule has 104 valence electrons. The number of carbonyl (C=O) groups is 1. The zero-order chi connectivity index (χ0) is 13.8. The number of hydrogen-bond donors (Lipinski definition) is 0. The molecule has 1 saturated heterocycles. The molecule has 1 aliphatic heterocycles. The highest BCUT2D eigenvalue weighted by Crippen LogP contribution is 2.19. The van der Waals surface area contributed by atoms with Crippen LogP contribution >= 0.6 is 0 Å². The van der Waals surface area contributed by atoms with Gasteiger partial charge in [0.25, 0.3) is 5.91 Å². The molecule has 1 amide bonds. The van der Waals surface area contributed by atoms with Crippen molar-refractivity contribution < 1.29 is 13.9 Å². The molecule has 0 N–H and O–H groups in total. The lowest BCUT2D eigenvalue weighted by Gasteiger charge is -2.34. The number of ether oxygens (including phenoxy) is 1. The fourth-order valence-electron chi connectivity index (χ4n) is 2.25. The molecule has 0 spiro atoms. The second kappa shape index (κ2) is 6.02. The van der Waals surface area contributed by atoms with Crippen molar-refractivity contribution in [3.05, 3.63) is 29.6 Å². The van der Waals surface area contributed by atoms with E-state index < -0.39 is 5.82 Å². The number of rotatable bonds is 3. The van der Waals surface area contributed by atoms with Gasteiger partial charge in [0.1, 0.15) is 0 Å². The van der Waals surface area contributed by atoms with E-state index in [1.165, 1.54) is 19.2 Å². The quantitative estimate of drug-likeness (QED) is 0.833. The Morgan fingerprint density at radius 3 is 2.53 bits per heavy atom. The van der Waals surface area contributed by atoms with E-state index in [0.717, 1.165) is 19.6 Å². The lowest BCUT2D eigenvalue weighted by atomic mass is 10.1. The lowest BCUT2D eigenvalue weighted by Crippen LogP contribution is -2.48. The summed E-state index contributed by atoms with van der Waals surface area (Å²) in [4.78, 5) is 16.3. The molecule has 0 atom stereocenters. The third kappa shape index (κ3) is 3.04. The molecule has 1 heterocycles. The molecule has 0 unspecified atom stereocenters. The van der Waals surface area contributed by atoms with Crippen molar-refractivity contribution in [2.24, 2.45) is 0 Å². The average Bonchev–Trinajstić information content (AvgIpc) is 2.46. The molecule has 0 radical (unpaired) electrons. The van der Waals surface area contributed by atoms with Gasteiger partial charge in [-0.15, -0.1) is 0 Å². The number of hydrogen-bond acceptors (Lipinski definition) is 3. The van der Waals surface area contributed by atoms with Gasteiger partial charge in [0.2, 0.25) is 0 Å². The van der Waals surface area contributed by atoms with Crippen LogP contribution in [0.25, 0.3) is 0 Å². The molecule has 1 fully saturated rings. The monoisotopic (exact) mass is 266 g/mol. The normalized spacial score (nSPS) is 16.5. The van der Waals surface area contributed by atoms with Crippen LogP contribution in [-0.2, 0) is 0 Å². The highest BCUT2D eigenvalue weighted by atomic mass is 19.1. The molecule has 0 aromatic heterocycles. The zero-order valence-electron chi connectivity index (χ0n) is 11.4. The first-order chi connectivity index (χ1) is 9.15. The highest BCUT2D eigenvalue weighted by molar-refractivity contribution is 5.94. The third-order valence-electron chi connectivity index (χ3n) is 3.51. The van der Waals surface area contributed by atoms with Gasteiger partial charge in [-0.25, -0.2) is 4.39 Å². The molecule has 5 heteroatoms. The van der Waals surface area contributed by atoms with Crippen LogP contribution in [-0.4, -0.2) is 55.5 Å². The van der Waals surface area contributed by atoms with Crippen molar-refractivity contribution in [1.82, 2.24) is 9.80 Å². The topological polar surface area (TPSA) is 32.8 Å². The zero-order valence-corrected chi connectivity index (χ0v) is 11.4. The van der Waals surface area contributed by atoms with Crippen LogP contribution in [0.3, 0.4) is 0 Å². The number of carbonyl (C=O) groups excluding carboxylic acids is 1. The largest absolute Gasteiger partial charge is 0.494 e. The Morgan fingerprint density at radius 2 is 2.00 bits per heavy atom. The van der Waals surface area contributed by atoms with Crippen molar-refractivity contribution in [3.8, 4) is 5.75 Å². The summed E-state index contributed by atoms with van der Waals surface area (Å²) < 4.78 is 18.4. The molecule has 4 nitrogen and oxygen atoms in total. The number of benzene rings is 1. The Hall–Kier alpha value is -1.62. The number of likely N-dealkylation sites (N-methyl/N-ethyl adjacent to an activating group) is 1. The summed E-state index contributed by atoms with van der Waals surface area (Å²) in [5.41, 5.74) is 0.378. The van der Waals surface area contributed by atoms with Crippen LogP contribution in [0.15, 0.2) is 18.2 Å². The fourth-order valence-corrected chi connectivity index (χ4v) is 2.25. The minimum atomic E-state index is -0.499. The minimum absolute atomic E-state index is 0.114. The van der Waals surface area contributed by atoms with E-state index in [9.17, 15) is 9.18 Å². The molecule has 19 heavy (non-hydrogen) atoms. The first-order valence-electron chi connectivity index (χ1n) is 6.51. The van der Waals surface area contributed by atoms with E-state index in [1.807, 2.05) is 0 Å². The van der Waals surface area contributed by atoms with Crippen molar-refractivity contribution in [1.29, 1.82) is 0 Å². The van der Waals surface area contributed by atoms with E-state index in [-0.39, 0.29) is 11.7 Å². The van der Waals surface area contributed by atoms with Gasteiger partial charge in [-0.05, 0) is 24.7 Å². The summed E-state index contributed by atoms with van der Waals surface area (Å²) in [6, 6.07) is 4.34. The van der Waals surface area contributed by atoms with Crippen molar-refractivity contribution >= 4 is 5.91 Å². The van der Waals surface area contributed by atoms with Gasteiger partial charge in [0, 0.05) is 31.7 Å². The van der Waals surface area contributed by atoms with E-state index in [1.54, 1.807) is 11.0 Å². The van der Waals surface area contributed by atoms with Crippen LogP contribution in [0.1, 0.15) is 17.3 Å². The Balaban J connectivity index is 2.06. The standard InChI is InChI=1S/C14H19FN2O2/c1-3-16-6-8-17(9-7-16)14(18)11-4-5-13(19-2)12(15)10-11/h4-5,10H,3,6-9H2,1-2H3.